The van der Waals surface area contributed by atoms with Crippen molar-refractivity contribution in [2.75, 3.05) is 0 Å². The van der Waals surface area contributed by atoms with Crippen LogP contribution < -0.4 is 0 Å². The molecule has 0 amide bonds. The standard InChI is InChI=1S/C52H42N8/c1-5-9-37-29-33(21-25-53-37)49-41-13-15-43(57-41)50(34-22-26-54-38(30-34)10-6-2)45-17-19-47(59-45)52(36-24-28-56-40(32-36)12-8-4)48-20-18-46(60-48)51(44-16-14-42(49)58-44)35-23-27-55-39(31-35)11-7-3/h5-8,13-32,57,60H,1-4,9-12H2. The van der Waals surface area contributed by atoms with Crippen LogP contribution >= 0.6 is 0 Å². The van der Waals surface area contributed by atoms with Gasteiger partial charge in [-0.3, -0.25) is 19.9 Å². The minimum absolute atomic E-state index is 0.644. The molecule has 9 rings (SSSR count). The lowest BCUT2D eigenvalue weighted by molar-refractivity contribution is 1.11. The molecule has 290 valence electrons. The van der Waals surface area contributed by atoms with Gasteiger partial charge in [0.15, 0.2) is 0 Å². The SMILES string of the molecule is C=CCc1cc(-c2c3nc(c(-c4ccnc(CC=C)c4)c4ccc([nH]4)c(-c4ccnc(CC=C)c4)c4nc(c(-c5ccnc(CC=C)c5)c5ccc2[nH]5)C=C4)C=C3)ccn1. The van der Waals surface area contributed by atoms with Gasteiger partial charge < -0.3 is 9.97 Å². The number of aromatic nitrogens is 8. The molecule has 7 aromatic rings. The third-order valence-electron chi connectivity index (χ3n) is 10.6. The van der Waals surface area contributed by atoms with Crippen LogP contribution in [0.5, 0.6) is 0 Å². The number of pyridine rings is 4. The Morgan fingerprint density at radius 3 is 0.850 bits per heavy atom. The van der Waals surface area contributed by atoms with Crippen molar-refractivity contribution in [2.24, 2.45) is 0 Å². The van der Waals surface area contributed by atoms with Gasteiger partial charge in [-0.1, -0.05) is 24.3 Å². The van der Waals surface area contributed by atoms with E-state index in [0.29, 0.717) is 25.7 Å². The summed E-state index contributed by atoms with van der Waals surface area (Å²) in [4.78, 5) is 37.1. The average molecular weight is 779 g/mol. The molecule has 0 radical (unpaired) electrons. The minimum atomic E-state index is 0.644. The molecule has 0 saturated heterocycles. The van der Waals surface area contributed by atoms with Gasteiger partial charge in [0.1, 0.15) is 0 Å². The summed E-state index contributed by atoms with van der Waals surface area (Å²) in [5.41, 5.74) is 18.3. The number of hydrogen-bond donors (Lipinski definition) is 2. The molecule has 8 bridgehead atoms. The van der Waals surface area contributed by atoms with E-state index in [9.17, 15) is 0 Å². The molecule has 2 aliphatic heterocycles. The smallest absolute Gasteiger partial charge is 0.0737 e. The maximum atomic E-state index is 5.45. The van der Waals surface area contributed by atoms with Crippen molar-refractivity contribution in [3.8, 4) is 44.5 Å². The number of aromatic amines is 2. The zero-order valence-electron chi connectivity index (χ0n) is 33.2. The first kappa shape index (κ1) is 37.7. The highest BCUT2D eigenvalue weighted by Gasteiger charge is 2.20. The second-order valence-corrected chi connectivity index (χ2v) is 14.6. The summed E-state index contributed by atoms with van der Waals surface area (Å²) < 4.78 is 0. The Balaban J connectivity index is 1.45. The fourth-order valence-electron chi connectivity index (χ4n) is 7.99. The van der Waals surface area contributed by atoms with E-state index in [1.54, 1.807) is 0 Å². The Kier molecular flexibility index (Phi) is 10.4. The highest BCUT2D eigenvalue weighted by Crippen LogP contribution is 2.38. The van der Waals surface area contributed by atoms with E-state index in [0.717, 1.165) is 112 Å². The fourth-order valence-corrected chi connectivity index (χ4v) is 7.99. The van der Waals surface area contributed by atoms with Crippen molar-refractivity contribution in [3.05, 3.63) is 194 Å². The number of H-pyrrole nitrogens is 2. The Hall–Kier alpha value is -7.84. The van der Waals surface area contributed by atoms with Crippen molar-refractivity contribution in [1.29, 1.82) is 0 Å². The van der Waals surface area contributed by atoms with Gasteiger partial charge >= 0.3 is 0 Å². The van der Waals surface area contributed by atoms with Gasteiger partial charge in [-0.05, 0) is 119 Å². The lowest BCUT2D eigenvalue weighted by Crippen LogP contribution is -1.93. The molecule has 8 heteroatoms. The number of nitrogens with one attached hydrogen (secondary N) is 2. The lowest BCUT2D eigenvalue weighted by atomic mass is 10.0. The maximum Gasteiger partial charge on any atom is 0.0737 e. The highest BCUT2D eigenvalue weighted by molar-refractivity contribution is 5.99. The second kappa shape index (κ2) is 16.6. The Bertz CT molecular complexity index is 2680. The van der Waals surface area contributed by atoms with Crippen molar-refractivity contribution < 1.29 is 0 Å². The fraction of sp³-hybridized carbons (Fsp3) is 0.0769. The molecule has 9 heterocycles. The van der Waals surface area contributed by atoms with Crippen molar-refractivity contribution in [3.63, 3.8) is 0 Å². The molecule has 0 aliphatic carbocycles. The first-order valence-electron chi connectivity index (χ1n) is 19.9. The van der Waals surface area contributed by atoms with E-state index in [-0.39, 0.29) is 0 Å². The van der Waals surface area contributed by atoms with Gasteiger partial charge in [-0.2, -0.15) is 0 Å². The first-order valence-corrected chi connectivity index (χ1v) is 19.9. The van der Waals surface area contributed by atoms with Crippen LogP contribution in [0.15, 0.2) is 148 Å². The average Bonchev–Trinajstić information content (AvgIpc) is 4.10. The number of allylic oxidation sites excluding steroid dienone is 4. The Labute approximate surface area is 349 Å². The second-order valence-electron chi connectivity index (χ2n) is 14.6. The molecular weight excluding hydrogens is 737 g/mol. The predicted octanol–water partition coefficient (Wildman–Crippen LogP) is 11.8. The third-order valence-corrected chi connectivity index (χ3v) is 10.6. The van der Waals surface area contributed by atoms with E-state index in [2.05, 4.69) is 129 Å². The van der Waals surface area contributed by atoms with Crippen LogP contribution in [0.4, 0.5) is 0 Å². The molecule has 2 aliphatic rings. The molecule has 0 fully saturated rings. The van der Waals surface area contributed by atoms with Gasteiger partial charge in [-0.15, -0.1) is 26.3 Å². The summed E-state index contributed by atoms with van der Waals surface area (Å²) in [7, 11) is 0. The van der Waals surface area contributed by atoms with Gasteiger partial charge in [-0.25, -0.2) is 9.97 Å². The Morgan fingerprint density at radius 2 is 0.617 bits per heavy atom. The van der Waals surface area contributed by atoms with Crippen LogP contribution in [0, 0.1) is 0 Å². The van der Waals surface area contributed by atoms with Crippen molar-refractivity contribution in [2.45, 2.75) is 25.7 Å². The molecule has 0 saturated carbocycles. The largest absolute Gasteiger partial charge is 0.354 e. The molecule has 60 heavy (non-hydrogen) atoms. The summed E-state index contributed by atoms with van der Waals surface area (Å²) in [5, 5.41) is 0. The molecule has 0 unspecified atom stereocenters. The van der Waals surface area contributed by atoms with Crippen molar-refractivity contribution in [1.82, 2.24) is 39.9 Å². The molecule has 2 N–H and O–H groups in total. The molecule has 8 nitrogen and oxygen atoms in total. The summed E-state index contributed by atoms with van der Waals surface area (Å²) in [5.74, 6) is 0. The van der Waals surface area contributed by atoms with Gasteiger partial charge in [0.25, 0.3) is 0 Å². The summed E-state index contributed by atoms with van der Waals surface area (Å²) in [6.07, 6.45) is 25.9. The quantitative estimate of drug-likeness (QED) is 0.120. The van der Waals surface area contributed by atoms with Crippen LogP contribution in [-0.2, 0) is 25.7 Å². The van der Waals surface area contributed by atoms with E-state index < -0.39 is 0 Å². The Morgan fingerprint density at radius 1 is 0.367 bits per heavy atom. The monoisotopic (exact) mass is 778 g/mol. The van der Waals surface area contributed by atoms with Gasteiger partial charge in [0, 0.05) is 118 Å². The molecule has 7 aromatic heterocycles. The zero-order valence-corrected chi connectivity index (χ0v) is 33.2. The number of nitrogens with zero attached hydrogens (tertiary/aromatic N) is 6. The normalized spacial score (nSPS) is 11.7. The maximum absolute atomic E-state index is 5.45. The van der Waals surface area contributed by atoms with E-state index in [1.165, 1.54) is 0 Å². The molecule has 0 spiro atoms. The lowest BCUT2D eigenvalue weighted by Gasteiger charge is -2.08. The number of hydrogen-bond acceptors (Lipinski definition) is 6. The summed E-state index contributed by atoms with van der Waals surface area (Å²) in [6, 6.07) is 25.1. The molecule has 0 aromatic carbocycles. The summed E-state index contributed by atoms with van der Waals surface area (Å²) in [6.45, 7) is 15.9. The number of rotatable bonds is 12. The van der Waals surface area contributed by atoms with Crippen LogP contribution in [0.2, 0.25) is 0 Å². The predicted molar refractivity (Wildman–Crippen MR) is 247 cm³/mol. The minimum Gasteiger partial charge on any atom is -0.354 e. The van der Waals surface area contributed by atoms with E-state index in [1.807, 2.05) is 73.4 Å². The highest BCUT2D eigenvalue weighted by atomic mass is 14.8. The molecular formula is C52H42N8. The van der Waals surface area contributed by atoms with Crippen LogP contribution in [0.1, 0.15) is 45.6 Å². The zero-order chi connectivity index (χ0) is 41.0. The van der Waals surface area contributed by atoms with Crippen LogP contribution in [-0.4, -0.2) is 39.9 Å². The first-order chi connectivity index (χ1) is 29.5. The van der Waals surface area contributed by atoms with Gasteiger partial charge in [0.05, 0.1) is 22.8 Å². The summed E-state index contributed by atoms with van der Waals surface area (Å²) >= 11 is 0. The van der Waals surface area contributed by atoms with Crippen molar-refractivity contribution >= 4 is 46.4 Å². The van der Waals surface area contributed by atoms with Crippen LogP contribution in [0.25, 0.3) is 90.9 Å². The third kappa shape index (κ3) is 7.38. The van der Waals surface area contributed by atoms with Crippen LogP contribution in [0.3, 0.4) is 0 Å². The van der Waals surface area contributed by atoms with E-state index in [4.69, 9.17) is 9.97 Å². The number of fused-ring (bicyclic) bond motifs is 8. The van der Waals surface area contributed by atoms with E-state index >= 15 is 0 Å². The molecule has 0 atom stereocenters. The topological polar surface area (TPSA) is 109 Å². The van der Waals surface area contributed by atoms with Gasteiger partial charge in [0.2, 0.25) is 0 Å².